The minimum Gasteiger partial charge on any atom is -0.490 e. The smallest absolute Gasteiger partial charge is 0.490 e. The molecular formula is C91H102N16O22. The second kappa shape index (κ2) is 40.2. The zero-order valence-corrected chi connectivity index (χ0v) is 72.1. The third kappa shape index (κ3) is 20.6. The van der Waals surface area contributed by atoms with E-state index in [9.17, 15) is 77.3 Å². The van der Waals surface area contributed by atoms with Crippen molar-refractivity contribution >= 4 is 105 Å². The van der Waals surface area contributed by atoms with Gasteiger partial charge in [0.1, 0.15) is 67.4 Å². The number of urea groups is 1. The van der Waals surface area contributed by atoms with E-state index in [1.165, 1.54) is 4.90 Å². The zero-order chi connectivity index (χ0) is 92.3. The molecule has 11 amide bonds. The van der Waals surface area contributed by atoms with Gasteiger partial charge in [-0.3, -0.25) is 63.1 Å². The quantitative estimate of drug-likeness (QED) is 0.00593. The number of unbranched alkanes of at least 4 members (excludes halogenated alkanes) is 1. The number of anilines is 2. The third-order valence-corrected chi connectivity index (χ3v) is 23.4. The molecule has 0 saturated heterocycles. The van der Waals surface area contributed by atoms with Crippen LogP contribution in [0.1, 0.15) is 142 Å². The number of primary amides is 1. The third-order valence-electron chi connectivity index (χ3n) is 23.4. The van der Waals surface area contributed by atoms with Crippen LogP contribution in [0.15, 0.2) is 131 Å². The van der Waals surface area contributed by atoms with Crippen molar-refractivity contribution in [2.75, 3.05) is 63.2 Å². The number of hydrogen-bond acceptors (Lipinski definition) is 26. The van der Waals surface area contributed by atoms with Crippen molar-refractivity contribution in [2.45, 2.75) is 168 Å². The molecular weight excluding hydrogens is 1670 g/mol. The Morgan fingerprint density at radius 1 is 0.597 bits per heavy atom. The maximum Gasteiger partial charge on any atom is 0.514 e. The fourth-order valence-electron chi connectivity index (χ4n) is 16.4. The largest absolute Gasteiger partial charge is 0.514 e. The van der Waals surface area contributed by atoms with E-state index >= 15 is 0 Å². The van der Waals surface area contributed by atoms with E-state index in [0.29, 0.717) is 105 Å². The fraction of sp³-hybridized carbons (Fsp3) is 0.385. The topological polar surface area (TPSA) is 525 Å². The van der Waals surface area contributed by atoms with Crippen molar-refractivity contribution in [3.8, 4) is 34.3 Å². The number of cyclic esters (lactones) is 1. The van der Waals surface area contributed by atoms with Crippen molar-refractivity contribution in [3.05, 3.63) is 198 Å². The number of carbonyl (C=O) groups excluding carboxylic acids is 12. The monoisotopic (exact) mass is 1770 g/mol. The molecule has 0 fully saturated rings. The van der Waals surface area contributed by atoms with E-state index < -0.39 is 132 Å². The molecule has 5 aliphatic heterocycles. The summed E-state index contributed by atoms with van der Waals surface area (Å²) in [5, 5.41) is 45.4. The van der Waals surface area contributed by atoms with Gasteiger partial charge in [0.05, 0.1) is 77.7 Å². The molecule has 38 nitrogen and oxygen atoms in total. The number of fused-ring (bicyclic) bond motifs is 10. The van der Waals surface area contributed by atoms with Gasteiger partial charge < -0.3 is 96.5 Å². The number of aryl methyl sites for hydroxylation is 2. The minimum absolute atomic E-state index is 0.00303. The predicted molar refractivity (Wildman–Crippen MR) is 467 cm³/mol. The maximum atomic E-state index is 14.3. The van der Waals surface area contributed by atoms with Gasteiger partial charge in [0.15, 0.2) is 12.3 Å². The molecule has 9 heterocycles. The Balaban J connectivity index is 0.569. The first-order valence-corrected chi connectivity index (χ1v) is 42.6. The molecule has 0 saturated carbocycles. The van der Waals surface area contributed by atoms with Gasteiger partial charge in [0.25, 0.3) is 22.9 Å². The SMILES string of the molecule is C=C1OCc2c(cc3n(c2=O)Cc2c-3nc3ccc(OCNC(=O)OCc4ccc(NC(=O)[C@H](CCCNC(N)=O)NC(=O)[C@@H](NC(=O)CN(CCN5C(=O)C=CC5=O)CC(=O)NCC(=O)N[C@@H](CCCCN)C(=O)Nc5ccc(COC(=O)Oc6ccc7nc8c(c(CC)c7c6)Cn6c-8cc7c(c6=O)COC(=O)[C@]7(O)CC)cc5)C(C)C)cc4)cc3c2CC)[C@@]1(O)CC. The molecule has 678 valence electrons. The van der Waals surface area contributed by atoms with Crippen LogP contribution in [0.2, 0.25) is 0 Å². The van der Waals surface area contributed by atoms with Gasteiger partial charge in [-0.2, -0.15) is 0 Å². The number of pyridine rings is 4. The number of nitrogens with two attached hydrogens (primary N) is 2. The average Bonchev–Trinajstić information content (AvgIpc) is 1.61. The lowest BCUT2D eigenvalue weighted by atomic mass is 9.84. The Labute approximate surface area is 739 Å². The summed E-state index contributed by atoms with van der Waals surface area (Å²) in [5.74, 6) is -6.40. The first kappa shape index (κ1) is 92.4. The van der Waals surface area contributed by atoms with E-state index in [2.05, 4.69) is 49.1 Å². The summed E-state index contributed by atoms with van der Waals surface area (Å²) >= 11 is 0. The highest BCUT2D eigenvalue weighted by Crippen LogP contribution is 2.45. The highest BCUT2D eigenvalue weighted by molar-refractivity contribution is 6.13. The summed E-state index contributed by atoms with van der Waals surface area (Å²) in [5.41, 5.74) is 16.6. The fourth-order valence-corrected chi connectivity index (χ4v) is 16.4. The number of hydrogen-bond donors (Lipinski definition) is 12. The number of ether oxygens (including phenoxy) is 6. The second-order valence-electron chi connectivity index (χ2n) is 32.1. The highest BCUT2D eigenvalue weighted by Gasteiger charge is 2.47. The average molecular weight is 1770 g/mol. The maximum absolute atomic E-state index is 14.3. The van der Waals surface area contributed by atoms with Gasteiger partial charge in [-0.25, -0.2) is 29.1 Å². The Bertz CT molecular complexity index is 5950. The normalized spacial score (nSPS) is 16.3. The second-order valence-corrected chi connectivity index (χ2v) is 32.1. The Hall–Kier alpha value is -14.2. The lowest BCUT2D eigenvalue weighted by molar-refractivity contribution is -0.172. The number of imide groups is 1. The minimum atomic E-state index is -1.99. The first-order valence-electron chi connectivity index (χ1n) is 42.6. The number of nitrogens with one attached hydrogen (secondary N) is 8. The summed E-state index contributed by atoms with van der Waals surface area (Å²) in [4.78, 5) is 199. The Morgan fingerprint density at radius 2 is 1.13 bits per heavy atom. The van der Waals surface area contributed by atoms with Gasteiger partial charge in [0, 0.05) is 76.2 Å². The first-order chi connectivity index (χ1) is 61.8. The zero-order valence-electron chi connectivity index (χ0n) is 72.1. The molecule has 4 aromatic heterocycles. The van der Waals surface area contributed by atoms with Gasteiger partial charge in [-0.05, 0) is 165 Å². The highest BCUT2D eigenvalue weighted by atomic mass is 16.7. The summed E-state index contributed by atoms with van der Waals surface area (Å²) in [7, 11) is 0. The van der Waals surface area contributed by atoms with Crippen LogP contribution in [-0.4, -0.2) is 181 Å². The van der Waals surface area contributed by atoms with Crippen LogP contribution < -0.4 is 74.6 Å². The van der Waals surface area contributed by atoms with Crippen LogP contribution in [0, 0.1) is 5.92 Å². The van der Waals surface area contributed by atoms with Crippen molar-refractivity contribution in [1.82, 2.24) is 60.8 Å². The summed E-state index contributed by atoms with van der Waals surface area (Å²) < 4.78 is 36.5. The van der Waals surface area contributed by atoms with Gasteiger partial charge >= 0.3 is 24.2 Å². The van der Waals surface area contributed by atoms with Crippen molar-refractivity contribution in [3.63, 3.8) is 0 Å². The number of carbonyl (C=O) groups is 12. The molecule has 13 rings (SSSR count). The lowest BCUT2D eigenvalue weighted by Crippen LogP contribution is -2.56. The number of aromatic nitrogens is 4. The standard InChI is InChI=1S/C91H102N16O22/c1-8-57-59-35-55(25-27-67(59)100-79-61(57)40-106-71(79)37-65-63(84(106)116)46-124-50(7)90(65,122)10-3)128-48-96-88(120)126-44-51-17-21-54(22-18-51)98-82(114)70(16-14-32-94-87(93)119)102-83(115)78(49(5)6)103-75(110)43-104(33-34-105-76(111)29-30-77(105)112)42-74(109)95-39-73(108)99-69(15-12-13-31-92)81(113)97-53-23-19-52(20-24-53)45-127-89(121)129-56-26-28-68-60(36-56)58(9-2)62-41-107-72(80(62)101-68)38-66-64(85(107)117)47-125-86(118)91(66,123)11-4/h17-30,35-38,49,69-70,78,122-123H,7-16,31-34,39-48,92H2,1-6H3,(H,95,109)(H,96,120)(H,97,113)(H,98,114)(H,99,108)(H,102,115)(H,103,110)(H3,93,94,119)/t69-,70-,78-,90+,91-/m0/s1. The van der Waals surface area contributed by atoms with Crippen LogP contribution in [0.4, 0.5) is 25.8 Å². The predicted octanol–water partition coefficient (Wildman–Crippen LogP) is 5.17. The van der Waals surface area contributed by atoms with Gasteiger partial charge in [-0.1, -0.05) is 72.4 Å². The van der Waals surface area contributed by atoms with Gasteiger partial charge in [0.2, 0.25) is 35.4 Å². The number of esters is 1. The number of amides is 11. The van der Waals surface area contributed by atoms with E-state index in [4.69, 9.17) is 49.9 Å². The van der Waals surface area contributed by atoms with Crippen molar-refractivity contribution < 1.29 is 96.2 Å². The molecule has 8 aromatic rings. The van der Waals surface area contributed by atoms with Crippen LogP contribution in [0.5, 0.6) is 11.5 Å². The summed E-state index contributed by atoms with van der Waals surface area (Å²) in [6, 6.07) is 21.7. The van der Waals surface area contributed by atoms with Gasteiger partial charge in [-0.15, -0.1) is 0 Å². The summed E-state index contributed by atoms with van der Waals surface area (Å²) in [6.07, 6.45) is 2.86. The number of aliphatic hydroxyl groups is 2. The molecule has 0 bridgehead atoms. The van der Waals surface area contributed by atoms with Crippen LogP contribution in [0.3, 0.4) is 0 Å². The molecule has 4 aromatic carbocycles. The number of rotatable bonds is 38. The number of benzene rings is 4. The van der Waals surface area contributed by atoms with Crippen molar-refractivity contribution in [2.24, 2.45) is 17.4 Å². The van der Waals surface area contributed by atoms with E-state index in [1.807, 2.05) is 26.0 Å². The van der Waals surface area contributed by atoms with Crippen LogP contribution in [0.25, 0.3) is 44.6 Å². The van der Waals surface area contributed by atoms with E-state index in [1.54, 1.807) is 122 Å². The molecule has 129 heavy (non-hydrogen) atoms. The van der Waals surface area contributed by atoms with Crippen LogP contribution >= 0.6 is 0 Å². The van der Waals surface area contributed by atoms with Crippen LogP contribution in [-0.2, 0) is 126 Å². The lowest BCUT2D eigenvalue weighted by Gasteiger charge is -2.35. The summed E-state index contributed by atoms with van der Waals surface area (Å²) in [6.45, 7) is 12.0. The molecule has 0 aliphatic carbocycles. The number of nitrogens with zero attached hydrogens (tertiary/aromatic N) is 6. The van der Waals surface area contributed by atoms with E-state index in [-0.39, 0.29) is 132 Å². The molecule has 5 aliphatic rings. The molecule has 38 heteroatoms. The molecule has 5 atom stereocenters. The van der Waals surface area contributed by atoms with E-state index in [0.717, 1.165) is 44.7 Å². The number of alkyl carbamates (subject to hydrolysis) is 1. The molecule has 0 unspecified atom stereocenters. The molecule has 0 radical (unpaired) electrons. The Morgan fingerprint density at radius 3 is 1.69 bits per heavy atom. The van der Waals surface area contributed by atoms with Crippen molar-refractivity contribution in [1.29, 1.82) is 0 Å². The molecule has 0 spiro atoms. The Kier molecular flexibility index (Phi) is 28.8. The molecule has 14 N–H and O–H groups in total.